The monoisotopic (exact) mass is 308 g/mol. The normalized spacial score (nSPS) is 12.0. The van der Waals surface area contributed by atoms with Crippen molar-refractivity contribution in [2.75, 3.05) is 7.11 Å². The summed E-state index contributed by atoms with van der Waals surface area (Å²) < 4.78 is 4.59. The molecule has 0 heterocycles. The number of ether oxygens (including phenoxy) is 1. The molecular weight excluding hydrogens is 276 g/mol. The van der Waals surface area contributed by atoms with Crippen molar-refractivity contribution in [2.45, 2.75) is 83.7 Å². The molecule has 0 saturated heterocycles. The lowest BCUT2D eigenvalue weighted by atomic mass is 10.1. The molecule has 1 unspecified atom stereocenters. The van der Waals surface area contributed by atoms with Crippen molar-refractivity contribution in [3.8, 4) is 11.8 Å². The van der Waals surface area contributed by atoms with Crippen molar-refractivity contribution < 1.29 is 14.6 Å². The highest BCUT2D eigenvalue weighted by molar-refractivity contribution is 5.68. The summed E-state index contributed by atoms with van der Waals surface area (Å²) in [6, 6.07) is 0. The predicted molar refractivity (Wildman–Crippen MR) is 91.4 cm³/mol. The molecule has 22 heavy (non-hydrogen) atoms. The topological polar surface area (TPSA) is 46.5 Å². The fourth-order valence-electron chi connectivity index (χ4n) is 2.08. The fourth-order valence-corrected chi connectivity index (χ4v) is 2.08. The van der Waals surface area contributed by atoms with E-state index in [1.54, 1.807) is 6.08 Å². The van der Waals surface area contributed by atoms with E-state index in [0.29, 0.717) is 6.42 Å². The maximum absolute atomic E-state index is 10.9. The van der Waals surface area contributed by atoms with Crippen molar-refractivity contribution in [1.29, 1.82) is 0 Å². The van der Waals surface area contributed by atoms with Crippen LogP contribution in [0, 0.1) is 11.8 Å². The Morgan fingerprint density at radius 3 is 2.59 bits per heavy atom. The van der Waals surface area contributed by atoms with Gasteiger partial charge in [-0.1, -0.05) is 51.0 Å². The number of unbranched alkanes of at least 4 members (excludes halogenated alkanes) is 8. The molecule has 0 radical (unpaired) electrons. The molecule has 1 N–H and O–H groups in total. The van der Waals surface area contributed by atoms with E-state index in [2.05, 4.69) is 23.5 Å². The van der Waals surface area contributed by atoms with E-state index in [-0.39, 0.29) is 5.97 Å². The summed E-state index contributed by atoms with van der Waals surface area (Å²) >= 11 is 0. The molecule has 0 aliphatic rings. The van der Waals surface area contributed by atoms with Gasteiger partial charge in [-0.2, -0.15) is 0 Å². The number of aliphatic hydroxyl groups excluding tert-OH is 1. The Balaban J connectivity index is 3.45. The van der Waals surface area contributed by atoms with Crippen molar-refractivity contribution in [1.82, 2.24) is 0 Å². The van der Waals surface area contributed by atoms with E-state index < -0.39 is 6.10 Å². The van der Waals surface area contributed by atoms with E-state index in [1.165, 1.54) is 26.4 Å². The fraction of sp³-hybridized carbons (Fsp3) is 0.737. The molecule has 0 aromatic heterocycles. The number of hydrogen-bond donors (Lipinski definition) is 1. The second-order valence-corrected chi connectivity index (χ2v) is 5.53. The zero-order valence-electron chi connectivity index (χ0n) is 14.3. The van der Waals surface area contributed by atoms with Crippen LogP contribution in [-0.4, -0.2) is 24.3 Å². The van der Waals surface area contributed by atoms with Gasteiger partial charge in [0.05, 0.1) is 7.11 Å². The van der Waals surface area contributed by atoms with Gasteiger partial charge < -0.3 is 9.84 Å². The SMILES string of the molecule is CCCCC/C=C/C(O)C#CCCCCCCCC(=O)OC. The number of carbonyl (C=O) groups is 1. The first-order valence-corrected chi connectivity index (χ1v) is 8.60. The molecule has 0 spiro atoms. The highest BCUT2D eigenvalue weighted by Gasteiger charge is 1.98. The van der Waals surface area contributed by atoms with Crippen LogP contribution in [0.4, 0.5) is 0 Å². The van der Waals surface area contributed by atoms with E-state index in [9.17, 15) is 9.90 Å². The third-order valence-electron chi connectivity index (χ3n) is 3.45. The minimum atomic E-state index is -0.623. The van der Waals surface area contributed by atoms with E-state index in [1.807, 2.05) is 6.08 Å². The molecule has 0 saturated carbocycles. The highest BCUT2D eigenvalue weighted by atomic mass is 16.5. The molecule has 0 aromatic rings. The second kappa shape index (κ2) is 16.1. The average molecular weight is 308 g/mol. The van der Waals surface area contributed by atoms with Crippen molar-refractivity contribution >= 4 is 5.97 Å². The van der Waals surface area contributed by atoms with Gasteiger partial charge in [0.25, 0.3) is 0 Å². The molecule has 0 aliphatic heterocycles. The minimum absolute atomic E-state index is 0.123. The number of aliphatic hydroxyl groups is 1. The average Bonchev–Trinajstić information content (AvgIpc) is 2.52. The lowest BCUT2D eigenvalue weighted by molar-refractivity contribution is -0.140. The van der Waals surface area contributed by atoms with Crippen LogP contribution in [0.5, 0.6) is 0 Å². The Morgan fingerprint density at radius 1 is 1.14 bits per heavy atom. The van der Waals surface area contributed by atoms with Gasteiger partial charge in [0.1, 0.15) is 6.10 Å². The quantitative estimate of drug-likeness (QED) is 0.252. The van der Waals surface area contributed by atoms with Gasteiger partial charge in [0.2, 0.25) is 0 Å². The number of hydrogen-bond acceptors (Lipinski definition) is 3. The van der Waals surface area contributed by atoms with Crippen LogP contribution in [0.1, 0.15) is 77.6 Å². The van der Waals surface area contributed by atoms with E-state index in [0.717, 1.165) is 44.9 Å². The van der Waals surface area contributed by atoms with Gasteiger partial charge in [0, 0.05) is 12.8 Å². The Hall–Kier alpha value is -1.27. The summed E-state index contributed by atoms with van der Waals surface area (Å²) in [7, 11) is 1.43. The Morgan fingerprint density at radius 2 is 1.86 bits per heavy atom. The molecule has 0 rings (SSSR count). The van der Waals surface area contributed by atoms with Gasteiger partial charge in [-0.05, 0) is 31.8 Å². The van der Waals surface area contributed by atoms with E-state index in [4.69, 9.17) is 0 Å². The van der Waals surface area contributed by atoms with E-state index >= 15 is 0 Å². The molecule has 0 aromatic carbocycles. The van der Waals surface area contributed by atoms with Crippen molar-refractivity contribution in [3.63, 3.8) is 0 Å². The molecule has 0 bridgehead atoms. The number of allylic oxidation sites excluding steroid dienone is 1. The third kappa shape index (κ3) is 15.1. The molecular formula is C19H32O3. The van der Waals surface area contributed by atoms with Gasteiger partial charge >= 0.3 is 5.97 Å². The minimum Gasteiger partial charge on any atom is -0.469 e. The van der Waals surface area contributed by atoms with Crippen LogP contribution in [0.25, 0.3) is 0 Å². The summed E-state index contributed by atoms with van der Waals surface area (Å²) in [6.45, 7) is 2.18. The van der Waals surface area contributed by atoms with Crippen LogP contribution in [0.2, 0.25) is 0 Å². The molecule has 0 fully saturated rings. The van der Waals surface area contributed by atoms with Crippen molar-refractivity contribution in [2.24, 2.45) is 0 Å². The summed E-state index contributed by atoms with van der Waals surface area (Å²) in [5, 5.41) is 9.65. The van der Waals surface area contributed by atoms with Crippen LogP contribution in [-0.2, 0) is 9.53 Å². The maximum Gasteiger partial charge on any atom is 0.305 e. The highest BCUT2D eigenvalue weighted by Crippen LogP contribution is 2.07. The zero-order chi connectivity index (χ0) is 16.5. The molecule has 3 heteroatoms. The lowest BCUT2D eigenvalue weighted by Gasteiger charge is -1.99. The van der Waals surface area contributed by atoms with Crippen LogP contribution >= 0.6 is 0 Å². The Kier molecular flexibility index (Phi) is 15.2. The summed E-state index contributed by atoms with van der Waals surface area (Å²) in [4.78, 5) is 10.9. The Labute approximate surface area is 136 Å². The molecule has 0 aliphatic carbocycles. The lowest BCUT2D eigenvalue weighted by Crippen LogP contribution is -1.99. The number of carbonyl (C=O) groups excluding carboxylic acids is 1. The first kappa shape index (κ1) is 20.7. The zero-order valence-corrected chi connectivity index (χ0v) is 14.3. The summed E-state index contributed by atoms with van der Waals surface area (Å²) in [6.07, 6.45) is 14.5. The van der Waals surface area contributed by atoms with Gasteiger partial charge in [-0.3, -0.25) is 4.79 Å². The smallest absolute Gasteiger partial charge is 0.305 e. The van der Waals surface area contributed by atoms with Gasteiger partial charge in [0.15, 0.2) is 0 Å². The Bertz CT molecular complexity index is 349. The van der Waals surface area contributed by atoms with Crippen LogP contribution < -0.4 is 0 Å². The van der Waals surface area contributed by atoms with Gasteiger partial charge in [-0.15, -0.1) is 5.92 Å². The predicted octanol–water partition coefficient (Wildman–Crippen LogP) is 4.39. The molecule has 1 atom stereocenters. The number of esters is 1. The first-order chi connectivity index (χ1) is 10.7. The molecule has 126 valence electrons. The largest absolute Gasteiger partial charge is 0.469 e. The number of rotatable bonds is 12. The third-order valence-corrected chi connectivity index (χ3v) is 3.45. The second-order valence-electron chi connectivity index (χ2n) is 5.53. The first-order valence-electron chi connectivity index (χ1n) is 8.60. The summed E-state index contributed by atoms with van der Waals surface area (Å²) in [5.41, 5.74) is 0. The maximum atomic E-state index is 10.9. The van der Waals surface area contributed by atoms with Gasteiger partial charge in [-0.25, -0.2) is 0 Å². The molecule has 3 nitrogen and oxygen atoms in total. The van der Waals surface area contributed by atoms with Crippen molar-refractivity contribution in [3.05, 3.63) is 12.2 Å². The van der Waals surface area contributed by atoms with Crippen LogP contribution in [0.15, 0.2) is 12.2 Å². The van der Waals surface area contributed by atoms with Crippen LogP contribution in [0.3, 0.4) is 0 Å². The standard InChI is InChI=1S/C19H32O3/c1-3-4-5-9-12-15-18(20)16-13-10-7-6-8-11-14-17-19(21)22-2/h12,15,18,20H,3-11,14,17H2,1-2H3/b15-12+. The number of methoxy groups -OCH3 is 1. The summed E-state index contributed by atoms with van der Waals surface area (Å²) in [5.74, 6) is 5.76. The molecule has 0 amide bonds.